The molecule has 1 aromatic carbocycles. The van der Waals surface area contributed by atoms with Crippen LogP contribution in [0.15, 0.2) is 22.7 Å². The summed E-state index contributed by atoms with van der Waals surface area (Å²) in [4.78, 5) is 13.2. The van der Waals surface area contributed by atoms with E-state index in [4.69, 9.17) is 11.0 Å². The maximum Gasteiger partial charge on any atom is 0.251 e. The molecule has 0 unspecified atom stereocenters. The summed E-state index contributed by atoms with van der Waals surface area (Å²) in [7, 11) is 0. The van der Waals surface area contributed by atoms with Crippen molar-refractivity contribution < 1.29 is 9.90 Å². The second-order valence-corrected chi connectivity index (χ2v) is 5.61. The zero-order valence-electron chi connectivity index (χ0n) is 10.3. The fourth-order valence-electron chi connectivity index (χ4n) is 2.32. The van der Waals surface area contributed by atoms with Crippen molar-refractivity contribution in [2.45, 2.75) is 18.4 Å². The molecule has 0 bridgehead atoms. The van der Waals surface area contributed by atoms with Crippen molar-refractivity contribution in [2.75, 3.05) is 18.0 Å². The van der Waals surface area contributed by atoms with Crippen LogP contribution in [0.5, 0.6) is 0 Å². The molecule has 3 N–H and O–H groups in total. The van der Waals surface area contributed by atoms with E-state index in [2.05, 4.69) is 22.0 Å². The van der Waals surface area contributed by atoms with E-state index in [1.54, 1.807) is 12.1 Å². The molecule has 0 aliphatic carbocycles. The number of aliphatic hydroxyl groups is 1. The highest BCUT2D eigenvalue weighted by atomic mass is 79.9. The van der Waals surface area contributed by atoms with Gasteiger partial charge in [-0.3, -0.25) is 4.79 Å². The number of hydrogen-bond donors (Lipinski definition) is 2. The van der Waals surface area contributed by atoms with Crippen molar-refractivity contribution in [3.63, 3.8) is 0 Å². The second-order valence-electron chi connectivity index (χ2n) is 4.69. The van der Waals surface area contributed by atoms with Crippen molar-refractivity contribution in [1.82, 2.24) is 0 Å². The molecule has 1 aromatic rings. The van der Waals surface area contributed by atoms with Crippen LogP contribution in [0.4, 0.5) is 5.69 Å². The number of β-amino-alcohol motifs (C(OH)–C–C–N with tert-alkyl or cyclic N) is 1. The minimum atomic E-state index is -1.52. The smallest absolute Gasteiger partial charge is 0.251 e. The van der Waals surface area contributed by atoms with Gasteiger partial charge in [0.2, 0.25) is 0 Å². The first kappa shape index (κ1) is 13.8. The Morgan fingerprint density at radius 2 is 2.32 bits per heavy atom. The molecule has 0 radical (unpaired) electrons. The summed E-state index contributed by atoms with van der Waals surface area (Å²) in [6.07, 6.45) is 1.01. The van der Waals surface area contributed by atoms with E-state index in [0.29, 0.717) is 30.6 Å². The standard InChI is InChI=1S/C13H14BrN3O2/c14-10-2-3-11(9(6-10)7-15)17-5-1-4-13(19,8-17)12(16)18/h2-3,6,19H,1,4-5,8H2,(H2,16,18)/t13-/m0/s1. The number of benzene rings is 1. The van der Waals surface area contributed by atoms with Crippen molar-refractivity contribution in [2.24, 2.45) is 5.73 Å². The number of nitrogens with zero attached hydrogens (tertiary/aromatic N) is 2. The number of nitrogens with two attached hydrogens (primary N) is 1. The summed E-state index contributed by atoms with van der Waals surface area (Å²) in [5.74, 6) is -0.715. The van der Waals surface area contributed by atoms with Crippen molar-refractivity contribution in [1.29, 1.82) is 5.26 Å². The molecule has 2 rings (SSSR count). The van der Waals surface area contributed by atoms with Gasteiger partial charge in [0, 0.05) is 11.0 Å². The van der Waals surface area contributed by atoms with Crippen molar-refractivity contribution in [3.05, 3.63) is 28.2 Å². The van der Waals surface area contributed by atoms with Gasteiger partial charge >= 0.3 is 0 Å². The maximum atomic E-state index is 11.3. The third kappa shape index (κ3) is 2.72. The zero-order chi connectivity index (χ0) is 14.0. The first-order chi connectivity index (χ1) is 8.96. The molecule has 1 saturated heterocycles. The molecule has 6 heteroatoms. The number of amides is 1. The van der Waals surface area contributed by atoms with Gasteiger partial charge in [-0.1, -0.05) is 15.9 Å². The van der Waals surface area contributed by atoms with Gasteiger partial charge in [-0.15, -0.1) is 0 Å². The van der Waals surface area contributed by atoms with E-state index >= 15 is 0 Å². The highest BCUT2D eigenvalue weighted by Gasteiger charge is 2.39. The van der Waals surface area contributed by atoms with Gasteiger partial charge in [0.05, 0.1) is 17.8 Å². The number of primary amides is 1. The molecule has 5 nitrogen and oxygen atoms in total. The van der Waals surface area contributed by atoms with Crippen LogP contribution in [0.25, 0.3) is 0 Å². The second kappa shape index (κ2) is 5.19. The molecule has 0 saturated carbocycles. The number of hydrogen-bond acceptors (Lipinski definition) is 4. The minimum Gasteiger partial charge on any atom is -0.378 e. The molecular weight excluding hydrogens is 310 g/mol. The summed E-state index contributed by atoms with van der Waals surface area (Å²) in [6.45, 7) is 0.810. The van der Waals surface area contributed by atoms with E-state index in [9.17, 15) is 9.90 Å². The lowest BCUT2D eigenvalue weighted by Crippen LogP contribution is -2.56. The van der Waals surface area contributed by atoms with Gasteiger partial charge in [0.1, 0.15) is 6.07 Å². The van der Waals surface area contributed by atoms with Crippen LogP contribution in [-0.2, 0) is 4.79 Å². The first-order valence-electron chi connectivity index (χ1n) is 5.93. The molecule has 1 atom stereocenters. The summed E-state index contributed by atoms with van der Waals surface area (Å²) in [5.41, 5.74) is 4.95. The average Bonchev–Trinajstić information content (AvgIpc) is 2.38. The quantitative estimate of drug-likeness (QED) is 0.853. The average molecular weight is 324 g/mol. The Morgan fingerprint density at radius 1 is 1.58 bits per heavy atom. The molecule has 1 fully saturated rings. The Hall–Kier alpha value is -1.58. The predicted octanol–water partition coefficient (Wildman–Crippen LogP) is 1.14. The zero-order valence-corrected chi connectivity index (χ0v) is 11.9. The fourth-order valence-corrected chi connectivity index (χ4v) is 2.68. The Kier molecular flexibility index (Phi) is 3.78. The number of carbonyl (C=O) groups excluding carboxylic acids is 1. The third-order valence-electron chi connectivity index (χ3n) is 3.35. The number of rotatable bonds is 2. The molecular formula is C13H14BrN3O2. The van der Waals surface area contributed by atoms with Gasteiger partial charge in [0.25, 0.3) is 5.91 Å². The Bertz CT molecular complexity index is 555. The molecule has 1 aliphatic rings. The summed E-state index contributed by atoms with van der Waals surface area (Å²) < 4.78 is 0.815. The lowest BCUT2D eigenvalue weighted by Gasteiger charge is -2.38. The van der Waals surface area contributed by atoms with Gasteiger partial charge in [-0.25, -0.2) is 0 Å². The van der Waals surface area contributed by atoms with E-state index in [0.717, 1.165) is 4.47 Å². The molecule has 1 amide bonds. The highest BCUT2D eigenvalue weighted by Crippen LogP contribution is 2.29. The van der Waals surface area contributed by atoms with E-state index in [-0.39, 0.29) is 6.54 Å². The Labute approximate surface area is 119 Å². The van der Waals surface area contributed by atoms with Crippen LogP contribution in [-0.4, -0.2) is 29.7 Å². The van der Waals surface area contributed by atoms with E-state index in [1.807, 2.05) is 11.0 Å². The number of halogens is 1. The molecule has 1 aliphatic heterocycles. The van der Waals surface area contributed by atoms with Crippen LogP contribution in [0.1, 0.15) is 18.4 Å². The summed E-state index contributed by atoms with van der Waals surface area (Å²) >= 11 is 3.31. The monoisotopic (exact) mass is 323 g/mol. The number of carbonyl (C=O) groups is 1. The molecule has 1 heterocycles. The minimum absolute atomic E-state index is 0.124. The van der Waals surface area contributed by atoms with Gasteiger partial charge in [-0.05, 0) is 31.0 Å². The lowest BCUT2D eigenvalue weighted by atomic mass is 9.91. The molecule has 0 spiro atoms. The topological polar surface area (TPSA) is 90.3 Å². The molecule has 19 heavy (non-hydrogen) atoms. The van der Waals surface area contributed by atoms with Crippen LogP contribution in [0.3, 0.4) is 0 Å². The normalized spacial score (nSPS) is 22.9. The summed E-state index contributed by atoms with van der Waals surface area (Å²) in [5, 5.41) is 19.4. The first-order valence-corrected chi connectivity index (χ1v) is 6.72. The fraction of sp³-hybridized carbons (Fsp3) is 0.385. The van der Waals surface area contributed by atoms with Gasteiger partial charge in [-0.2, -0.15) is 5.26 Å². The number of nitriles is 1. The van der Waals surface area contributed by atoms with Crippen LogP contribution in [0, 0.1) is 11.3 Å². The van der Waals surface area contributed by atoms with E-state index in [1.165, 1.54) is 0 Å². The SMILES string of the molecule is N#Cc1cc(Br)ccc1N1CCC[C@@](O)(C(N)=O)C1. The highest BCUT2D eigenvalue weighted by molar-refractivity contribution is 9.10. The Balaban J connectivity index is 2.33. The van der Waals surface area contributed by atoms with Crippen LogP contribution < -0.4 is 10.6 Å². The summed E-state index contributed by atoms with van der Waals surface area (Å²) in [6, 6.07) is 7.46. The largest absolute Gasteiger partial charge is 0.378 e. The number of piperidine rings is 1. The van der Waals surface area contributed by atoms with Crippen LogP contribution >= 0.6 is 15.9 Å². The van der Waals surface area contributed by atoms with Gasteiger partial charge < -0.3 is 15.7 Å². The lowest BCUT2D eigenvalue weighted by molar-refractivity contribution is -0.137. The van der Waals surface area contributed by atoms with Crippen LogP contribution in [0.2, 0.25) is 0 Å². The molecule has 0 aromatic heterocycles. The van der Waals surface area contributed by atoms with Gasteiger partial charge in [0.15, 0.2) is 5.60 Å². The maximum absolute atomic E-state index is 11.3. The predicted molar refractivity (Wildman–Crippen MR) is 74.4 cm³/mol. The number of anilines is 1. The van der Waals surface area contributed by atoms with E-state index < -0.39 is 11.5 Å². The van der Waals surface area contributed by atoms with Crippen molar-refractivity contribution >= 4 is 27.5 Å². The molecule has 100 valence electrons. The Morgan fingerprint density at radius 3 is 2.95 bits per heavy atom. The van der Waals surface area contributed by atoms with Crippen molar-refractivity contribution in [3.8, 4) is 6.07 Å². The third-order valence-corrected chi connectivity index (χ3v) is 3.84.